The summed E-state index contributed by atoms with van der Waals surface area (Å²) in [6, 6.07) is 11.5. The van der Waals surface area contributed by atoms with E-state index >= 15 is 0 Å². The zero-order valence-electron chi connectivity index (χ0n) is 18.4. The number of cyclic esters (lactones) is 1. The molecular formula is C23H23N3O8S. The molecule has 2 heterocycles. The molecule has 11 nitrogen and oxygen atoms in total. The number of ether oxygens (including phenoxy) is 2. The van der Waals surface area contributed by atoms with Crippen LogP contribution in [0.5, 0.6) is 0 Å². The van der Waals surface area contributed by atoms with Crippen LogP contribution in [0.1, 0.15) is 16.8 Å². The number of nitrogens with zero attached hydrogens (tertiary/aromatic N) is 1. The average Bonchev–Trinajstić information content (AvgIpc) is 3.05. The number of rotatable bonds is 6. The lowest BCUT2D eigenvalue weighted by Gasteiger charge is -2.25. The molecule has 4 N–H and O–H groups in total. The summed E-state index contributed by atoms with van der Waals surface area (Å²) >= 11 is 1.06. The number of fused-ring (bicyclic) bond motifs is 1. The first-order valence-electron chi connectivity index (χ1n) is 10.8. The van der Waals surface area contributed by atoms with E-state index in [2.05, 4.69) is 10.1 Å². The Morgan fingerprint density at radius 3 is 2.60 bits per heavy atom. The van der Waals surface area contributed by atoms with Gasteiger partial charge in [-0.15, -0.1) is 11.8 Å². The topological polar surface area (TPSA) is 165 Å². The molecule has 2 saturated heterocycles. The van der Waals surface area contributed by atoms with Gasteiger partial charge in [0.2, 0.25) is 18.1 Å². The summed E-state index contributed by atoms with van der Waals surface area (Å²) in [4.78, 5) is 62.7. The van der Waals surface area contributed by atoms with Crippen LogP contribution in [0.25, 0.3) is 10.8 Å². The summed E-state index contributed by atoms with van der Waals surface area (Å²) in [6.07, 6.45) is -2.96. The largest absolute Gasteiger partial charge is 0.448 e. The fourth-order valence-electron chi connectivity index (χ4n) is 3.83. The van der Waals surface area contributed by atoms with Crippen LogP contribution >= 0.6 is 11.8 Å². The Morgan fingerprint density at radius 2 is 1.91 bits per heavy atom. The van der Waals surface area contributed by atoms with Crippen molar-refractivity contribution < 1.29 is 38.6 Å². The predicted molar refractivity (Wildman–Crippen MR) is 124 cm³/mol. The lowest BCUT2D eigenvalue weighted by molar-refractivity contribution is -0.155. The normalized spacial score (nSPS) is 24.5. The highest BCUT2D eigenvalue weighted by molar-refractivity contribution is 8.00. The molecule has 0 aliphatic carbocycles. The molecule has 2 aromatic rings. The Kier molecular flexibility index (Phi) is 7.22. The van der Waals surface area contributed by atoms with Gasteiger partial charge >= 0.3 is 11.9 Å². The molecule has 184 valence electrons. The summed E-state index contributed by atoms with van der Waals surface area (Å²) in [5.41, 5.74) is 5.69. The van der Waals surface area contributed by atoms with Gasteiger partial charge in [-0.3, -0.25) is 19.2 Å². The molecule has 4 rings (SSSR count). The molecular weight excluding hydrogens is 478 g/mol. The van der Waals surface area contributed by atoms with Crippen LogP contribution in [-0.4, -0.2) is 82.2 Å². The Bertz CT molecular complexity index is 1190. The quantitative estimate of drug-likeness (QED) is 0.444. The number of aliphatic hydroxyl groups excluding tert-OH is 1. The number of hydrogen-bond donors (Lipinski definition) is 3. The molecule has 0 spiro atoms. The third kappa shape index (κ3) is 5.72. The second-order valence-electron chi connectivity index (χ2n) is 8.16. The van der Waals surface area contributed by atoms with Crippen LogP contribution in [0.3, 0.4) is 0 Å². The van der Waals surface area contributed by atoms with Gasteiger partial charge in [-0.05, 0) is 22.9 Å². The van der Waals surface area contributed by atoms with Crippen LogP contribution < -0.4 is 11.1 Å². The number of amides is 3. The smallest absolute Gasteiger partial charge is 0.338 e. The predicted octanol–water partition coefficient (Wildman–Crippen LogP) is -0.455. The van der Waals surface area contributed by atoms with E-state index in [1.165, 1.54) is 0 Å². The van der Waals surface area contributed by atoms with Crippen LogP contribution in [-0.2, 0) is 28.7 Å². The van der Waals surface area contributed by atoms with E-state index in [9.17, 15) is 29.1 Å². The van der Waals surface area contributed by atoms with Crippen LogP contribution in [0.4, 0.5) is 0 Å². The molecule has 4 atom stereocenters. The highest BCUT2D eigenvalue weighted by Gasteiger charge is 2.38. The van der Waals surface area contributed by atoms with Gasteiger partial charge in [0.25, 0.3) is 5.91 Å². The van der Waals surface area contributed by atoms with Crippen molar-refractivity contribution in [1.29, 1.82) is 0 Å². The van der Waals surface area contributed by atoms with Crippen LogP contribution in [0.2, 0.25) is 0 Å². The summed E-state index contributed by atoms with van der Waals surface area (Å²) in [7, 11) is 0. The fraction of sp³-hybridized carbons (Fsp3) is 0.348. The maximum absolute atomic E-state index is 13.2. The number of nitrogens with two attached hydrogens (primary N) is 1. The molecule has 0 bridgehead atoms. The van der Waals surface area contributed by atoms with Gasteiger partial charge in [0.15, 0.2) is 6.10 Å². The Hall–Kier alpha value is -3.64. The molecule has 3 amide bonds. The second-order valence-corrected chi connectivity index (χ2v) is 9.39. The second kappa shape index (κ2) is 10.3. The maximum Gasteiger partial charge on any atom is 0.338 e. The summed E-state index contributed by atoms with van der Waals surface area (Å²) < 4.78 is 10.1. The molecule has 35 heavy (non-hydrogen) atoms. The lowest BCUT2D eigenvalue weighted by Crippen LogP contribution is -2.50. The highest BCUT2D eigenvalue weighted by atomic mass is 32.2. The standard InChI is InChI=1S/C23H23N3O8S/c24-20(29)17-9-26(10-18(27)25-15-8-19(28)34-23(15)32)21(30)16(11-35-17)33-22(31)14-6-5-12-3-1-2-4-13(12)7-14/h1-7,15-17,23,32H,8-11H2,(H2,24,29)(H,25,27). The van der Waals surface area contributed by atoms with Crippen molar-refractivity contribution in [3.63, 3.8) is 0 Å². The molecule has 0 radical (unpaired) electrons. The first kappa shape index (κ1) is 24.5. The number of carbonyl (C=O) groups is 5. The van der Waals surface area contributed by atoms with Gasteiger partial charge in [0.05, 0.1) is 18.5 Å². The Morgan fingerprint density at radius 1 is 1.17 bits per heavy atom. The molecule has 4 unspecified atom stereocenters. The molecule has 12 heteroatoms. The van der Waals surface area contributed by atoms with E-state index in [-0.39, 0.29) is 24.3 Å². The third-order valence-electron chi connectivity index (χ3n) is 5.64. The number of aliphatic hydroxyl groups is 1. The molecule has 2 aromatic carbocycles. The first-order valence-corrected chi connectivity index (χ1v) is 11.8. The van der Waals surface area contributed by atoms with Gasteiger partial charge < -0.3 is 30.5 Å². The van der Waals surface area contributed by atoms with Gasteiger partial charge in [-0.1, -0.05) is 30.3 Å². The van der Waals surface area contributed by atoms with Crippen molar-refractivity contribution in [2.75, 3.05) is 18.8 Å². The minimum absolute atomic E-state index is 0.0203. The summed E-state index contributed by atoms with van der Waals surface area (Å²) in [5.74, 6) is -3.44. The van der Waals surface area contributed by atoms with E-state index in [1.54, 1.807) is 18.2 Å². The highest BCUT2D eigenvalue weighted by Crippen LogP contribution is 2.23. The van der Waals surface area contributed by atoms with Crippen molar-refractivity contribution in [1.82, 2.24) is 10.2 Å². The molecule has 2 aliphatic rings. The monoisotopic (exact) mass is 501 g/mol. The van der Waals surface area contributed by atoms with Gasteiger partial charge in [0, 0.05) is 12.3 Å². The molecule has 2 fully saturated rings. The number of nitrogens with one attached hydrogen (secondary N) is 1. The van der Waals surface area contributed by atoms with E-state index in [0.717, 1.165) is 27.4 Å². The fourth-order valence-corrected chi connectivity index (χ4v) is 4.89. The van der Waals surface area contributed by atoms with Crippen molar-refractivity contribution in [3.8, 4) is 0 Å². The van der Waals surface area contributed by atoms with Crippen LogP contribution in [0, 0.1) is 0 Å². The SMILES string of the molecule is NC(=O)C1CN(CC(=O)NC2CC(=O)OC2O)C(=O)C(OC(=O)c2ccc3ccccc3c2)CS1. The van der Waals surface area contributed by atoms with Crippen LogP contribution in [0.15, 0.2) is 42.5 Å². The summed E-state index contributed by atoms with van der Waals surface area (Å²) in [5, 5.41) is 13.1. The zero-order valence-corrected chi connectivity index (χ0v) is 19.2. The van der Waals surface area contributed by atoms with Crippen molar-refractivity contribution >= 4 is 52.2 Å². The lowest BCUT2D eigenvalue weighted by atomic mass is 10.1. The van der Waals surface area contributed by atoms with Crippen molar-refractivity contribution in [2.45, 2.75) is 30.1 Å². The van der Waals surface area contributed by atoms with E-state index < -0.39 is 59.9 Å². The molecule has 0 saturated carbocycles. The number of hydrogen-bond acceptors (Lipinski definition) is 9. The number of carbonyl (C=O) groups excluding carboxylic acids is 5. The number of primary amides is 1. The van der Waals surface area contributed by atoms with E-state index in [0.29, 0.717) is 0 Å². The van der Waals surface area contributed by atoms with Crippen molar-refractivity contribution in [2.24, 2.45) is 5.73 Å². The van der Waals surface area contributed by atoms with Gasteiger partial charge in [0.1, 0.15) is 11.3 Å². The molecule has 2 aliphatic heterocycles. The van der Waals surface area contributed by atoms with Crippen molar-refractivity contribution in [3.05, 3.63) is 48.0 Å². The number of esters is 2. The molecule has 0 aromatic heterocycles. The third-order valence-corrected chi connectivity index (χ3v) is 6.92. The zero-order chi connectivity index (χ0) is 25.1. The average molecular weight is 502 g/mol. The van der Waals surface area contributed by atoms with E-state index in [4.69, 9.17) is 10.5 Å². The minimum Gasteiger partial charge on any atom is -0.448 e. The number of thioether (sulfide) groups is 1. The summed E-state index contributed by atoms with van der Waals surface area (Å²) in [6.45, 7) is -0.663. The minimum atomic E-state index is -1.49. The van der Waals surface area contributed by atoms with Gasteiger partial charge in [-0.2, -0.15) is 0 Å². The maximum atomic E-state index is 13.2. The number of benzene rings is 2. The Balaban J connectivity index is 1.47. The first-order chi connectivity index (χ1) is 16.7. The Labute approximate surface area is 203 Å². The van der Waals surface area contributed by atoms with E-state index in [1.807, 2.05) is 24.3 Å². The van der Waals surface area contributed by atoms with Gasteiger partial charge in [-0.25, -0.2) is 4.79 Å².